The van der Waals surface area contributed by atoms with Crippen LogP contribution in [0.5, 0.6) is 0 Å². The molecule has 0 saturated heterocycles. The summed E-state index contributed by atoms with van der Waals surface area (Å²) in [5.74, 6) is -0.330. The van der Waals surface area contributed by atoms with Gasteiger partial charge < -0.3 is 10.2 Å². The molecule has 4 aromatic rings. The predicted octanol–water partition coefficient (Wildman–Crippen LogP) is 5.68. The highest BCUT2D eigenvalue weighted by Crippen LogP contribution is 2.28. The maximum atomic E-state index is 13.1. The number of halogens is 1. The van der Waals surface area contributed by atoms with Gasteiger partial charge in [-0.25, -0.2) is 9.37 Å². The normalized spacial score (nSPS) is 13.1. The van der Waals surface area contributed by atoms with Crippen LogP contribution in [0.2, 0.25) is 0 Å². The van der Waals surface area contributed by atoms with Crippen LogP contribution in [0.1, 0.15) is 26.7 Å². The number of hydrogen-bond donors (Lipinski definition) is 1. The predicted molar refractivity (Wildman–Crippen MR) is 129 cm³/mol. The van der Waals surface area contributed by atoms with E-state index in [0.717, 1.165) is 41.5 Å². The molecule has 162 valence electrons. The highest BCUT2D eigenvalue weighted by atomic mass is 32.1. The van der Waals surface area contributed by atoms with Crippen molar-refractivity contribution in [2.24, 2.45) is 0 Å². The molecule has 0 aliphatic carbocycles. The van der Waals surface area contributed by atoms with Crippen LogP contribution < -0.4 is 10.2 Å². The molecule has 4 nitrogen and oxygen atoms in total. The minimum Gasteiger partial charge on any atom is -0.367 e. The van der Waals surface area contributed by atoms with Gasteiger partial charge in [-0.05, 0) is 65.4 Å². The van der Waals surface area contributed by atoms with Crippen molar-refractivity contribution in [1.82, 2.24) is 4.98 Å². The molecule has 0 fully saturated rings. The molecule has 1 N–H and O–H groups in total. The highest BCUT2D eigenvalue weighted by Gasteiger charge is 2.17. The molecule has 5 rings (SSSR count). The van der Waals surface area contributed by atoms with Gasteiger partial charge in [0.05, 0.1) is 17.1 Å². The van der Waals surface area contributed by atoms with Crippen LogP contribution >= 0.6 is 22.7 Å². The SMILES string of the molecule is O=C(Cc1csc(Cc2ccc(F)cc2)n1)Nc1ccc(N2CCc3sccc3C2)cc1. The molecule has 1 aliphatic heterocycles. The zero-order valence-electron chi connectivity index (χ0n) is 17.4. The summed E-state index contributed by atoms with van der Waals surface area (Å²) in [6.45, 7) is 1.96. The number of carbonyl (C=O) groups is 1. The fourth-order valence-electron chi connectivity index (χ4n) is 3.88. The van der Waals surface area contributed by atoms with E-state index in [2.05, 4.69) is 38.8 Å². The fourth-order valence-corrected chi connectivity index (χ4v) is 5.60. The molecular formula is C25H22FN3OS2. The van der Waals surface area contributed by atoms with E-state index in [0.29, 0.717) is 6.42 Å². The lowest BCUT2D eigenvalue weighted by Gasteiger charge is -2.29. The van der Waals surface area contributed by atoms with Gasteiger partial charge in [-0.2, -0.15) is 0 Å². The van der Waals surface area contributed by atoms with Gasteiger partial charge in [-0.1, -0.05) is 12.1 Å². The van der Waals surface area contributed by atoms with Gasteiger partial charge in [-0.3, -0.25) is 4.79 Å². The lowest BCUT2D eigenvalue weighted by atomic mass is 10.1. The number of aromatic nitrogens is 1. The zero-order chi connectivity index (χ0) is 21.9. The molecular weight excluding hydrogens is 441 g/mol. The molecule has 32 heavy (non-hydrogen) atoms. The zero-order valence-corrected chi connectivity index (χ0v) is 19.0. The Bertz CT molecular complexity index is 1210. The maximum Gasteiger partial charge on any atom is 0.230 e. The summed E-state index contributed by atoms with van der Waals surface area (Å²) in [5.41, 5.74) is 5.13. The van der Waals surface area contributed by atoms with Crippen LogP contribution in [-0.4, -0.2) is 17.4 Å². The smallest absolute Gasteiger partial charge is 0.230 e. The van der Waals surface area contributed by atoms with Gasteiger partial charge in [0.2, 0.25) is 5.91 Å². The summed E-state index contributed by atoms with van der Waals surface area (Å²) in [6.07, 6.45) is 1.95. The van der Waals surface area contributed by atoms with Crippen LogP contribution in [0.4, 0.5) is 15.8 Å². The number of benzene rings is 2. The van der Waals surface area contributed by atoms with Gasteiger partial charge in [0.1, 0.15) is 5.82 Å². The number of nitrogens with zero attached hydrogens (tertiary/aromatic N) is 2. The highest BCUT2D eigenvalue weighted by molar-refractivity contribution is 7.10. The van der Waals surface area contributed by atoms with Gasteiger partial charge >= 0.3 is 0 Å². The molecule has 0 unspecified atom stereocenters. The maximum absolute atomic E-state index is 13.1. The van der Waals surface area contributed by atoms with Crippen molar-refractivity contribution in [3.63, 3.8) is 0 Å². The first-order valence-electron chi connectivity index (χ1n) is 10.5. The van der Waals surface area contributed by atoms with Crippen LogP contribution in [0, 0.1) is 5.82 Å². The van der Waals surface area contributed by atoms with Crippen molar-refractivity contribution < 1.29 is 9.18 Å². The summed E-state index contributed by atoms with van der Waals surface area (Å²) in [4.78, 5) is 20.9. The number of nitrogens with one attached hydrogen (secondary N) is 1. The standard InChI is InChI=1S/C25H22FN3OS2/c26-19-3-1-17(2-4-19)13-25-28-21(16-32-25)14-24(30)27-20-5-7-22(8-6-20)29-11-9-23-18(15-29)10-12-31-23/h1-8,10,12,16H,9,11,13-15H2,(H,27,30). The van der Waals surface area contributed by atoms with E-state index in [4.69, 9.17) is 0 Å². The largest absolute Gasteiger partial charge is 0.367 e. The minimum absolute atomic E-state index is 0.0859. The molecule has 0 spiro atoms. The Hall–Kier alpha value is -3.03. The fraction of sp³-hybridized carbons (Fsp3) is 0.200. The van der Waals surface area contributed by atoms with E-state index in [1.165, 1.54) is 39.6 Å². The summed E-state index contributed by atoms with van der Waals surface area (Å²) in [7, 11) is 0. The Kier molecular flexibility index (Phi) is 6.01. The first-order chi connectivity index (χ1) is 15.6. The second-order valence-electron chi connectivity index (χ2n) is 7.85. The average Bonchev–Trinajstić information content (AvgIpc) is 3.44. The number of rotatable bonds is 6. The van der Waals surface area contributed by atoms with Crippen molar-refractivity contribution in [2.75, 3.05) is 16.8 Å². The minimum atomic E-state index is -0.245. The van der Waals surface area contributed by atoms with Crippen molar-refractivity contribution in [2.45, 2.75) is 25.8 Å². The van der Waals surface area contributed by atoms with Gasteiger partial charge in [0, 0.05) is 41.1 Å². The Morgan fingerprint density at radius 2 is 1.88 bits per heavy atom. The second-order valence-corrected chi connectivity index (χ2v) is 9.79. The third kappa shape index (κ3) is 4.89. The van der Waals surface area contributed by atoms with Gasteiger partial charge in [0.25, 0.3) is 0 Å². The van der Waals surface area contributed by atoms with E-state index in [9.17, 15) is 9.18 Å². The summed E-state index contributed by atoms with van der Waals surface area (Å²) in [5, 5.41) is 7.96. The molecule has 2 aromatic heterocycles. The second kappa shape index (κ2) is 9.22. The summed E-state index contributed by atoms with van der Waals surface area (Å²) in [6, 6.07) is 16.7. The number of fused-ring (bicyclic) bond motifs is 1. The molecule has 3 heterocycles. The van der Waals surface area contributed by atoms with E-state index in [-0.39, 0.29) is 18.1 Å². The van der Waals surface area contributed by atoms with E-state index in [1.54, 1.807) is 12.1 Å². The number of thiazole rings is 1. The van der Waals surface area contributed by atoms with Crippen LogP contribution in [0.3, 0.4) is 0 Å². The number of carbonyl (C=O) groups excluding carboxylic acids is 1. The molecule has 0 saturated carbocycles. The molecule has 0 radical (unpaired) electrons. The van der Waals surface area contributed by atoms with Crippen molar-refractivity contribution in [3.8, 4) is 0 Å². The lowest BCUT2D eigenvalue weighted by molar-refractivity contribution is -0.115. The Labute approximate surface area is 194 Å². The van der Waals surface area contributed by atoms with Crippen molar-refractivity contribution >= 4 is 40.0 Å². The molecule has 1 amide bonds. The number of amides is 1. The van der Waals surface area contributed by atoms with Crippen LogP contribution in [0.25, 0.3) is 0 Å². The van der Waals surface area contributed by atoms with Gasteiger partial charge in [-0.15, -0.1) is 22.7 Å². The molecule has 1 aliphatic rings. The Morgan fingerprint density at radius 1 is 1.06 bits per heavy atom. The number of thiophene rings is 1. The van der Waals surface area contributed by atoms with Gasteiger partial charge in [0.15, 0.2) is 0 Å². The molecule has 7 heteroatoms. The third-order valence-corrected chi connectivity index (χ3v) is 7.45. The van der Waals surface area contributed by atoms with E-state index in [1.807, 2.05) is 28.8 Å². The number of anilines is 2. The topological polar surface area (TPSA) is 45.2 Å². The van der Waals surface area contributed by atoms with Crippen LogP contribution in [0.15, 0.2) is 65.4 Å². The lowest BCUT2D eigenvalue weighted by Crippen LogP contribution is -2.29. The quantitative estimate of drug-likeness (QED) is 0.400. The van der Waals surface area contributed by atoms with Crippen molar-refractivity contribution in [3.05, 3.63) is 97.9 Å². The molecule has 0 bridgehead atoms. The Morgan fingerprint density at radius 3 is 2.69 bits per heavy atom. The first-order valence-corrected chi connectivity index (χ1v) is 12.3. The summed E-state index contributed by atoms with van der Waals surface area (Å²) >= 11 is 3.36. The van der Waals surface area contributed by atoms with E-state index >= 15 is 0 Å². The summed E-state index contributed by atoms with van der Waals surface area (Å²) < 4.78 is 13.1. The van der Waals surface area contributed by atoms with E-state index < -0.39 is 0 Å². The Balaban J connectivity index is 1.15. The molecule has 2 aromatic carbocycles. The average molecular weight is 464 g/mol. The third-order valence-electron chi connectivity index (χ3n) is 5.53. The van der Waals surface area contributed by atoms with Crippen molar-refractivity contribution in [1.29, 1.82) is 0 Å². The number of hydrogen-bond acceptors (Lipinski definition) is 5. The first kappa shape index (κ1) is 20.8. The van der Waals surface area contributed by atoms with Crippen LogP contribution in [-0.2, 0) is 30.6 Å². The monoisotopic (exact) mass is 463 g/mol. The molecule has 0 atom stereocenters.